The molecule has 2 heterocycles. The fourth-order valence-corrected chi connectivity index (χ4v) is 3.49. The lowest BCUT2D eigenvalue weighted by atomic mass is 9.95. The predicted molar refractivity (Wildman–Crippen MR) is 91.7 cm³/mol. The van der Waals surface area contributed by atoms with E-state index >= 15 is 0 Å². The number of fused-ring (bicyclic) bond motifs is 1. The third kappa shape index (κ3) is 2.73. The van der Waals surface area contributed by atoms with Gasteiger partial charge in [0, 0.05) is 31.4 Å². The van der Waals surface area contributed by atoms with Crippen LogP contribution in [0.15, 0.2) is 23.1 Å². The smallest absolute Gasteiger partial charge is 0.200 e. The van der Waals surface area contributed by atoms with Crippen LogP contribution >= 0.6 is 15.9 Å². The van der Waals surface area contributed by atoms with Crippen LogP contribution in [0.2, 0.25) is 0 Å². The number of benzene rings is 1. The predicted octanol–water partition coefficient (Wildman–Crippen LogP) is 3.35. The molecule has 0 amide bonds. The van der Waals surface area contributed by atoms with Crippen molar-refractivity contribution in [2.75, 3.05) is 6.54 Å². The summed E-state index contributed by atoms with van der Waals surface area (Å²) in [6.45, 7) is 6.22. The Hall–Kier alpha value is -1.89. The summed E-state index contributed by atoms with van der Waals surface area (Å²) < 4.78 is 17.1. The molecular formula is C16H19BrFN5. The van der Waals surface area contributed by atoms with Gasteiger partial charge in [-0.3, -0.25) is 0 Å². The number of nitrogens with zero attached hydrogens (tertiary/aromatic N) is 4. The third-order valence-corrected chi connectivity index (χ3v) is 4.60. The fourth-order valence-electron chi connectivity index (χ4n) is 2.99. The van der Waals surface area contributed by atoms with E-state index in [0.717, 1.165) is 24.1 Å². The summed E-state index contributed by atoms with van der Waals surface area (Å²) in [5.74, 6) is 0.226. The molecule has 0 fully saturated rings. The van der Waals surface area contributed by atoms with E-state index in [9.17, 15) is 4.39 Å². The normalized spacial score (nSPS) is 13.9. The molecule has 1 aromatic heterocycles. The molecule has 0 atom stereocenters. The lowest BCUT2D eigenvalue weighted by molar-refractivity contribution is 0.364. The Morgan fingerprint density at radius 2 is 2.09 bits per heavy atom. The monoisotopic (exact) mass is 379 g/mol. The first-order valence-corrected chi connectivity index (χ1v) is 8.48. The second-order valence-corrected chi connectivity index (χ2v) is 6.25. The number of rotatable bonds is 4. The molecule has 5 nitrogen and oxygen atoms in total. The number of aromatic nitrogens is 3. The van der Waals surface area contributed by atoms with Gasteiger partial charge in [-0.25, -0.2) is 4.39 Å². The first-order chi connectivity index (χ1) is 11.1. The molecule has 2 aromatic rings. The average molecular weight is 380 g/mol. The van der Waals surface area contributed by atoms with E-state index in [1.54, 1.807) is 6.07 Å². The highest BCUT2D eigenvalue weighted by Crippen LogP contribution is 2.35. The summed E-state index contributed by atoms with van der Waals surface area (Å²) in [5.41, 5.74) is 9.07. The maximum absolute atomic E-state index is 14.7. The SMILES string of the molecule is CCCN1C=C(N)c2ccc(F)c(-c3nnc(Br)n3CC)c2C1. The van der Waals surface area contributed by atoms with Gasteiger partial charge in [0.05, 0.1) is 11.3 Å². The van der Waals surface area contributed by atoms with Gasteiger partial charge in [-0.05, 0) is 47.0 Å². The molecule has 1 aromatic carbocycles. The van der Waals surface area contributed by atoms with Crippen molar-refractivity contribution in [2.24, 2.45) is 5.73 Å². The highest BCUT2D eigenvalue weighted by atomic mass is 79.9. The Morgan fingerprint density at radius 3 is 2.78 bits per heavy atom. The fraction of sp³-hybridized carbons (Fsp3) is 0.375. The average Bonchev–Trinajstić information content (AvgIpc) is 2.87. The van der Waals surface area contributed by atoms with Crippen molar-refractivity contribution in [3.05, 3.63) is 40.0 Å². The number of halogens is 2. The minimum Gasteiger partial charge on any atom is -0.397 e. The summed E-state index contributed by atoms with van der Waals surface area (Å²) >= 11 is 3.36. The zero-order chi connectivity index (χ0) is 16.6. The van der Waals surface area contributed by atoms with Crippen LogP contribution in [0.1, 0.15) is 31.4 Å². The van der Waals surface area contributed by atoms with E-state index in [-0.39, 0.29) is 5.82 Å². The van der Waals surface area contributed by atoms with Crippen molar-refractivity contribution < 1.29 is 4.39 Å². The summed E-state index contributed by atoms with van der Waals surface area (Å²) in [6, 6.07) is 3.19. The van der Waals surface area contributed by atoms with Gasteiger partial charge in [-0.1, -0.05) is 6.92 Å². The number of hydrogen-bond donors (Lipinski definition) is 1. The van der Waals surface area contributed by atoms with Crippen LogP contribution in [0.4, 0.5) is 4.39 Å². The number of nitrogens with two attached hydrogens (primary N) is 1. The standard InChI is InChI=1S/C16H19BrFN5/c1-3-7-22-8-11-10(13(19)9-22)5-6-12(18)14(11)15-20-21-16(17)23(15)4-2/h5-6,9H,3-4,7-8,19H2,1-2H3. The van der Waals surface area contributed by atoms with Gasteiger partial charge in [-0.2, -0.15) is 0 Å². The van der Waals surface area contributed by atoms with Crippen molar-refractivity contribution >= 4 is 21.6 Å². The van der Waals surface area contributed by atoms with Gasteiger partial charge >= 0.3 is 0 Å². The molecule has 0 saturated carbocycles. The second-order valence-electron chi connectivity index (χ2n) is 5.54. The van der Waals surface area contributed by atoms with Crippen LogP contribution < -0.4 is 5.73 Å². The maximum atomic E-state index is 14.7. The van der Waals surface area contributed by atoms with Gasteiger partial charge < -0.3 is 15.2 Å². The first-order valence-electron chi connectivity index (χ1n) is 7.69. The molecule has 3 rings (SSSR count). The van der Waals surface area contributed by atoms with Crippen LogP contribution in [0.25, 0.3) is 17.1 Å². The van der Waals surface area contributed by atoms with Crippen LogP contribution in [-0.4, -0.2) is 26.2 Å². The van der Waals surface area contributed by atoms with E-state index in [1.165, 1.54) is 6.07 Å². The van der Waals surface area contributed by atoms with Crippen LogP contribution in [0, 0.1) is 5.82 Å². The quantitative estimate of drug-likeness (QED) is 0.884. The van der Waals surface area contributed by atoms with E-state index < -0.39 is 0 Å². The summed E-state index contributed by atoms with van der Waals surface area (Å²) in [4.78, 5) is 2.11. The molecule has 23 heavy (non-hydrogen) atoms. The van der Waals surface area contributed by atoms with Crippen molar-refractivity contribution in [3.63, 3.8) is 0 Å². The third-order valence-electron chi connectivity index (χ3n) is 4.01. The highest BCUT2D eigenvalue weighted by Gasteiger charge is 2.25. The summed E-state index contributed by atoms with van der Waals surface area (Å²) in [7, 11) is 0. The highest BCUT2D eigenvalue weighted by molar-refractivity contribution is 9.10. The van der Waals surface area contributed by atoms with E-state index in [4.69, 9.17) is 5.73 Å². The zero-order valence-corrected chi connectivity index (χ0v) is 14.8. The van der Waals surface area contributed by atoms with Crippen LogP contribution in [0.5, 0.6) is 0 Å². The van der Waals surface area contributed by atoms with Crippen molar-refractivity contribution in [1.29, 1.82) is 0 Å². The Labute approximate surface area is 143 Å². The van der Waals surface area contributed by atoms with Gasteiger partial charge in [0.1, 0.15) is 5.82 Å². The molecule has 0 saturated heterocycles. The molecule has 0 spiro atoms. The maximum Gasteiger partial charge on any atom is 0.200 e. The first kappa shape index (κ1) is 16.0. The molecule has 0 aliphatic carbocycles. The zero-order valence-electron chi connectivity index (χ0n) is 13.2. The molecule has 1 aliphatic heterocycles. The molecule has 0 bridgehead atoms. The molecule has 7 heteroatoms. The molecule has 0 unspecified atom stereocenters. The Bertz CT molecular complexity index is 768. The molecule has 122 valence electrons. The topological polar surface area (TPSA) is 60.0 Å². The van der Waals surface area contributed by atoms with E-state index in [1.807, 2.05) is 17.7 Å². The summed E-state index contributed by atoms with van der Waals surface area (Å²) in [6.07, 6.45) is 2.94. The van der Waals surface area contributed by atoms with Crippen molar-refractivity contribution in [2.45, 2.75) is 33.4 Å². The molecule has 1 aliphatic rings. The largest absolute Gasteiger partial charge is 0.397 e. The minimum absolute atomic E-state index is 0.301. The van der Waals surface area contributed by atoms with Crippen molar-refractivity contribution in [3.8, 4) is 11.4 Å². The van der Waals surface area contributed by atoms with E-state index in [0.29, 0.717) is 34.9 Å². The van der Waals surface area contributed by atoms with Gasteiger partial charge in [0.25, 0.3) is 0 Å². The van der Waals surface area contributed by atoms with Gasteiger partial charge in [-0.15, -0.1) is 10.2 Å². The molecular weight excluding hydrogens is 361 g/mol. The van der Waals surface area contributed by atoms with Gasteiger partial charge in [0.15, 0.2) is 10.6 Å². The van der Waals surface area contributed by atoms with Gasteiger partial charge in [0.2, 0.25) is 0 Å². The van der Waals surface area contributed by atoms with Crippen LogP contribution in [-0.2, 0) is 13.1 Å². The van der Waals surface area contributed by atoms with Crippen molar-refractivity contribution in [1.82, 2.24) is 19.7 Å². The molecule has 0 radical (unpaired) electrons. The second kappa shape index (κ2) is 6.31. The molecule has 2 N–H and O–H groups in total. The van der Waals surface area contributed by atoms with E-state index in [2.05, 4.69) is 38.0 Å². The summed E-state index contributed by atoms with van der Waals surface area (Å²) in [5, 5.41) is 8.20. The lowest BCUT2D eigenvalue weighted by Crippen LogP contribution is -2.25. The Balaban J connectivity index is 2.20. The Kier molecular flexibility index (Phi) is 4.39. The Morgan fingerprint density at radius 1 is 1.30 bits per heavy atom. The van der Waals surface area contributed by atoms with Crippen LogP contribution in [0.3, 0.4) is 0 Å². The lowest BCUT2D eigenvalue weighted by Gasteiger charge is -2.29. The minimum atomic E-state index is -0.301. The number of hydrogen-bond acceptors (Lipinski definition) is 4.